The summed E-state index contributed by atoms with van der Waals surface area (Å²) in [6, 6.07) is 29.8. The van der Waals surface area contributed by atoms with E-state index in [0.29, 0.717) is 6.67 Å². The topological polar surface area (TPSA) is 18.8 Å². The third-order valence-electron chi connectivity index (χ3n) is 4.91. The van der Waals surface area contributed by atoms with Gasteiger partial charge in [-0.05, 0) is 23.7 Å². The van der Waals surface area contributed by atoms with Gasteiger partial charge in [-0.2, -0.15) is 0 Å². The molecule has 1 aliphatic rings. The molecule has 0 fully saturated rings. The third-order valence-corrected chi connectivity index (χ3v) is 4.91. The van der Waals surface area contributed by atoms with Gasteiger partial charge >= 0.3 is 0 Å². The van der Waals surface area contributed by atoms with Crippen molar-refractivity contribution in [2.75, 3.05) is 20.8 Å². The lowest BCUT2D eigenvalue weighted by atomic mass is 10.0. The molecule has 3 aromatic carbocycles. The Balaban J connectivity index is 1.63. The highest BCUT2D eigenvalue weighted by Crippen LogP contribution is 2.28. The van der Waals surface area contributed by atoms with Crippen molar-refractivity contribution in [3.8, 4) is 11.1 Å². The molecule has 130 valence electrons. The lowest BCUT2D eigenvalue weighted by molar-refractivity contribution is 0.124. The fraction of sp³-hybridized carbons (Fsp3) is 0.174. The van der Waals surface area contributed by atoms with Gasteiger partial charge in [0.25, 0.3) is 0 Å². The highest BCUT2D eigenvalue weighted by molar-refractivity contribution is 5.99. The molecule has 1 atom stereocenters. The quantitative estimate of drug-likeness (QED) is 0.691. The maximum Gasteiger partial charge on any atom is 0.133 e. The van der Waals surface area contributed by atoms with Crippen LogP contribution < -0.4 is 0 Å². The van der Waals surface area contributed by atoms with Gasteiger partial charge in [-0.3, -0.25) is 9.89 Å². The number of rotatable bonds is 3. The van der Waals surface area contributed by atoms with Crippen molar-refractivity contribution in [2.24, 2.45) is 4.99 Å². The van der Waals surface area contributed by atoms with Crippen molar-refractivity contribution in [1.82, 2.24) is 9.80 Å². The first-order chi connectivity index (χ1) is 12.7. The van der Waals surface area contributed by atoms with Crippen LogP contribution in [0.3, 0.4) is 0 Å². The molecule has 0 amide bonds. The van der Waals surface area contributed by atoms with E-state index in [9.17, 15) is 0 Å². The summed E-state index contributed by atoms with van der Waals surface area (Å²) in [4.78, 5) is 9.33. The zero-order valence-corrected chi connectivity index (χ0v) is 15.2. The first kappa shape index (κ1) is 16.6. The minimum atomic E-state index is 0.192. The molecule has 0 saturated carbocycles. The minimum Gasteiger partial charge on any atom is -0.339 e. The molecule has 3 aromatic rings. The van der Waals surface area contributed by atoms with E-state index in [1.54, 1.807) is 0 Å². The molecule has 3 heteroatoms. The van der Waals surface area contributed by atoms with Gasteiger partial charge in [0, 0.05) is 12.6 Å². The van der Waals surface area contributed by atoms with Gasteiger partial charge in [0.2, 0.25) is 0 Å². The predicted molar refractivity (Wildman–Crippen MR) is 108 cm³/mol. The van der Waals surface area contributed by atoms with Crippen LogP contribution in [-0.2, 0) is 0 Å². The fourth-order valence-corrected chi connectivity index (χ4v) is 3.62. The number of hydrogen-bond acceptors (Lipinski definition) is 3. The summed E-state index contributed by atoms with van der Waals surface area (Å²) in [5.41, 5.74) is 4.90. The summed E-state index contributed by atoms with van der Waals surface area (Å²) in [7, 11) is 4.24. The maximum atomic E-state index is 4.81. The molecule has 0 spiro atoms. The Hall–Kier alpha value is -2.91. The largest absolute Gasteiger partial charge is 0.339 e. The molecular formula is C23H23N3. The van der Waals surface area contributed by atoms with Crippen LogP contribution >= 0.6 is 0 Å². The van der Waals surface area contributed by atoms with Crippen LogP contribution in [-0.4, -0.2) is 36.4 Å². The van der Waals surface area contributed by atoms with E-state index in [-0.39, 0.29) is 6.17 Å². The third kappa shape index (κ3) is 3.14. The molecule has 0 N–H and O–H groups in total. The van der Waals surface area contributed by atoms with E-state index in [4.69, 9.17) is 4.99 Å². The zero-order chi connectivity index (χ0) is 17.9. The number of hydrogen-bond donors (Lipinski definition) is 0. The highest BCUT2D eigenvalue weighted by atomic mass is 15.4. The van der Waals surface area contributed by atoms with Crippen LogP contribution in [0, 0.1) is 0 Å². The molecule has 0 aromatic heterocycles. The van der Waals surface area contributed by atoms with Crippen LogP contribution in [0.5, 0.6) is 0 Å². The molecule has 26 heavy (non-hydrogen) atoms. The van der Waals surface area contributed by atoms with E-state index in [1.807, 2.05) is 6.07 Å². The molecule has 0 bridgehead atoms. The molecule has 4 rings (SSSR count). The zero-order valence-electron chi connectivity index (χ0n) is 15.2. The summed E-state index contributed by atoms with van der Waals surface area (Å²) in [5, 5.41) is 0. The monoisotopic (exact) mass is 341 g/mol. The number of nitrogens with zero attached hydrogens (tertiary/aromatic N) is 3. The average molecular weight is 341 g/mol. The van der Waals surface area contributed by atoms with Gasteiger partial charge in [-0.1, -0.05) is 84.9 Å². The van der Waals surface area contributed by atoms with E-state index in [0.717, 1.165) is 11.4 Å². The Kier molecular flexibility index (Phi) is 4.55. The summed E-state index contributed by atoms with van der Waals surface area (Å²) < 4.78 is 0. The van der Waals surface area contributed by atoms with Crippen molar-refractivity contribution in [1.29, 1.82) is 0 Å². The van der Waals surface area contributed by atoms with E-state index in [1.165, 1.54) is 16.7 Å². The van der Waals surface area contributed by atoms with Crippen molar-refractivity contribution in [3.05, 3.63) is 96.1 Å². The Morgan fingerprint density at radius 3 is 1.88 bits per heavy atom. The molecule has 1 unspecified atom stereocenters. The van der Waals surface area contributed by atoms with Crippen molar-refractivity contribution >= 4 is 5.84 Å². The smallest absolute Gasteiger partial charge is 0.133 e. The van der Waals surface area contributed by atoms with E-state index < -0.39 is 0 Å². The minimum absolute atomic E-state index is 0.192. The van der Waals surface area contributed by atoms with Crippen molar-refractivity contribution in [3.63, 3.8) is 0 Å². The number of aliphatic imine (C=N–C) groups is 1. The average Bonchev–Trinajstić information content (AvgIpc) is 2.70. The SMILES string of the molecule is CN1CN=C(c2ccc(-c3ccccc3)cc2)N(C)C1c1ccccc1. The molecule has 1 aliphatic heterocycles. The summed E-state index contributed by atoms with van der Waals surface area (Å²) in [6.07, 6.45) is 0.192. The molecule has 0 saturated heterocycles. The normalized spacial score (nSPS) is 17.8. The van der Waals surface area contributed by atoms with Gasteiger partial charge < -0.3 is 4.90 Å². The van der Waals surface area contributed by atoms with Gasteiger partial charge in [-0.15, -0.1) is 0 Å². The summed E-state index contributed by atoms with van der Waals surface area (Å²) in [6.45, 7) is 0.694. The Labute approximate surface area is 155 Å². The highest BCUT2D eigenvalue weighted by Gasteiger charge is 2.28. The van der Waals surface area contributed by atoms with Gasteiger partial charge in [0.15, 0.2) is 0 Å². The van der Waals surface area contributed by atoms with Crippen molar-refractivity contribution in [2.45, 2.75) is 6.17 Å². The van der Waals surface area contributed by atoms with Crippen LogP contribution in [0.25, 0.3) is 11.1 Å². The Bertz CT molecular complexity index is 886. The maximum absolute atomic E-state index is 4.81. The lowest BCUT2D eigenvalue weighted by Crippen LogP contribution is -2.45. The molecular weight excluding hydrogens is 318 g/mol. The molecule has 1 heterocycles. The summed E-state index contributed by atoms with van der Waals surface area (Å²) in [5.74, 6) is 1.04. The predicted octanol–water partition coefficient (Wildman–Crippen LogP) is 4.63. The lowest BCUT2D eigenvalue weighted by Gasteiger charge is -2.40. The van der Waals surface area contributed by atoms with Gasteiger partial charge in [0.1, 0.15) is 12.0 Å². The first-order valence-electron chi connectivity index (χ1n) is 8.92. The van der Waals surface area contributed by atoms with E-state index in [2.05, 4.69) is 103 Å². The Morgan fingerprint density at radius 2 is 1.23 bits per heavy atom. The molecule has 0 aliphatic carbocycles. The molecule has 3 nitrogen and oxygen atoms in total. The fourth-order valence-electron chi connectivity index (χ4n) is 3.62. The standard InChI is InChI=1S/C23H23N3/c1-25-17-24-22(26(2)23(25)21-11-7-4-8-12-21)20-15-13-19(14-16-20)18-9-5-3-6-10-18/h3-16,23H,17H2,1-2H3. The van der Waals surface area contributed by atoms with Crippen LogP contribution in [0.2, 0.25) is 0 Å². The van der Waals surface area contributed by atoms with Crippen molar-refractivity contribution < 1.29 is 0 Å². The van der Waals surface area contributed by atoms with Gasteiger partial charge in [-0.25, -0.2) is 0 Å². The second-order valence-corrected chi connectivity index (χ2v) is 6.72. The molecule has 0 radical (unpaired) electrons. The van der Waals surface area contributed by atoms with Gasteiger partial charge in [0.05, 0.1) is 6.67 Å². The number of amidine groups is 1. The second kappa shape index (κ2) is 7.14. The van der Waals surface area contributed by atoms with Crippen LogP contribution in [0.4, 0.5) is 0 Å². The second-order valence-electron chi connectivity index (χ2n) is 6.72. The first-order valence-corrected chi connectivity index (χ1v) is 8.92. The Morgan fingerprint density at radius 1 is 0.692 bits per heavy atom. The van der Waals surface area contributed by atoms with E-state index >= 15 is 0 Å². The number of benzene rings is 3. The summed E-state index contributed by atoms with van der Waals surface area (Å²) >= 11 is 0. The van der Waals surface area contributed by atoms with Crippen LogP contribution in [0.1, 0.15) is 17.3 Å². The van der Waals surface area contributed by atoms with Crippen LogP contribution in [0.15, 0.2) is 89.9 Å².